The van der Waals surface area contributed by atoms with Crippen LogP contribution in [0.2, 0.25) is 0 Å². The maximum Gasteiger partial charge on any atom is 0.226 e. The fourth-order valence-corrected chi connectivity index (χ4v) is 3.46. The van der Waals surface area contributed by atoms with Crippen LogP contribution in [0.4, 0.5) is 0 Å². The van der Waals surface area contributed by atoms with Crippen LogP contribution in [0.5, 0.6) is 0 Å². The first-order valence-corrected chi connectivity index (χ1v) is 7.37. The summed E-state index contributed by atoms with van der Waals surface area (Å²) in [6.45, 7) is 0.587. The minimum atomic E-state index is -0.120. The Hall–Kier alpha value is -2.13. The van der Waals surface area contributed by atoms with Gasteiger partial charge in [0.1, 0.15) is 6.23 Å². The molecular formula is C18H17NO2. The zero-order valence-corrected chi connectivity index (χ0v) is 11.7. The Kier molecular flexibility index (Phi) is 3.00. The summed E-state index contributed by atoms with van der Waals surface area (Å²) in [5.74, 6) is 0.340. The fraction of sp³-hybridized carbons (Fsp3) is 0.278. The molecule has 3 nitrogen and oxygen atoms in total. The van der Waals surface area contributed by atoms with Crippen molar-refractivity contribution in [3.05, 3.63) is 71.8 Å². The van der Waals surface area contributed by atoms with E-state index in [2.05, 4.69) is 24.3 Å². The summed E-state index contributed by atoms with van der Waals surface area (Å²) in [5.41, 5.74) is 2.34. The summed E-state index contributed by atoms with van der Waals surface area (Å²) in [5, 5.41) is 0. The molecule has 3 atom stereocenters. The molecule has 0 aromatic heterocycles. The quantitative estimate of drug-likeness (QED) is 0.845. The first-order chi connectivity index (χ1) is 10.3. The van der Waals surface area contributed by atoms with Crippen LogP contribution in [-0.4, -0.2) is 23.6 Å². The maximum atomic E-state index is 12.5. The van der Waals surface area contributed by atoms with Gasteiger partial charge < -0.3 is 9.64 Å². The van der Waals surface area contributed by atoms with Gasteiger partial charge in [0.25, 0.3) is 0 Å². The fourth-order valence-electron chi connectivity index (χ4n) is 3.46. The predicted molar refractivity (Wildman–Crippen MR) is 79.6 cm³/mol. The summed E-state index contributed by atoms with van der Waals surface area (Å²) in [4.78, 5) is 14.4. The van der Waals surface area contributed by atoms with Crippen LogP contribution < -0.4 is 0 Å². The Labute approximate surface area is 124 Å². The van der Waals surface area contributed by atoms with Gasteiger partial charge in [-0.15, -0.1) is 0 Å². The smallest absolute Gasteiger partial charge is 0.226 e. The second-order valence-corrected chi connectivity index (χ2v) is 5.67. The van der Waals surface area contributed by atoms with Crippen LogP contribution in [0, 0.1) is 0 Å². The van der Waals surface area contributed by atoms with Gasteiger partial charge in [0.15, 0.2) is 0 Å². The first kappa shape index (κ1) is 12.6. The topological polar surface area (TPSA) is 29.5 Å². The third-order valence-electron chi connectivity index (χ3n) is 4.47. The largest absolute Gasteiger partial charge is 0.355 e. The lowest BCUT2D eigenvalue weighted by Gasteiger charge is -2.23. The highest BCUT2D eigenvalue weighted by Crippen LogP contribution is 2.44. The van der Waals surface area contributed by atoms with Crippen molar-refractivity contribution in [2.75, 3.05) is 6.61 Å². The van der Waals surface area contributed by atoms with E-state index in [1.165, 1.54) is 5.56 Å². The van der Waals surface area contributed by atoms with Gasteiger partial charge in [-0.2, -0.15) is 0 Å². The number of nitrogens with zero attached hydrogens (tertiary/aromatic N) is 1. The van der Waals surface area contributed by atoms with E-state index in [4.69, 9.17) is 4.74 Å². The number of rotatable bonds is 2. The Morgan fingerprint density at radius 2 is 1.52 bits per heavy atom. The second-order valence-electron chi connectivity index (χ2n) is 5.67. The monoisotopic (exact) mass is 279 g/mol. The van der Waals surface area contributed by atoms with Crippen LogP contribution in [0.15, 0.2) is 60.7 Å². The molecule has 4 rings (SSSR count). The Morgan fingerprint density at radius 3 is 2.19 bits per heavy atom. The molecule has 0 aliphatic carbocycles. The van der Waals surface area contributed by atoms with Gasteiger partial charge in [-0.25, -0.2) is 0 Å². The van der Waals surface area contributed by atoms with Crippen molar-refractivity contribution in [1.29, 1.82) is 0 Å². The molecule has 2 saturated heterocycles. The molecule has 2 aliphatic rings. The van der Waals surface area contributed by atoms with Crippen LogP contribution in [0.3, 0.4) is 0 Å². The lowest BCUT2D eigenvalue weighted by molar-refractivity contribution is -0.131. The minimum absolute atomic E-state index is 0.0532. The molecule has 3 heteroatoms. The van der Waals surface area contributed by atoms with Crippen molar-refractivity contribution < 1.29 is 9.53 Å². The number of hydrogen-bond acceptors (Lipinski definition) is 2. The number of hydrogen-bond donors (Lipinski definition) is 0. The van der Waals surface area contributed by atoms with Crippen molar-refractivity contribution in [2.24, 2.45) is 0 Å². The summed E-state index contributed by atoms with van der Waals surface area (Å²) in [6, 6.07) is 20.4. The van der Waals surface area contributed by atoms with Crippen LogP contribution >= 0.6 is 0 Å². The lowest BCUT2D eigenvalue weighted by atomic mass is 9.97. The molecule has 106 valence electrons. The Bertz CT molecular complexity index is 603. The van der Waals surface area contributed by atoms with Crippen LogP contribution in [0.25, 0.3) is 0 Å². The van der Waals surface area contributed by atoms with Crippen LogP contribution in [0.1, 0.15) is 29.5 Å². The van der Waals surface area contributed by atoms with Gasteiger partial charge in [-0.3, -0.25) is 4.79 Å². The highest BCUT2D eigenvalue weighted by molar-refractivity contribution is 5.81. The van der Waals surface area contributed by atoms with Gasteiger partial charge in [0.2, 0.25) is 5.91 Å². The molecule has 0 bridgehead atoms. The molecule has 0 spiro atoms. The van der Waals surface area contributed by atoms with Crippen molar-refractivity contribution in [3.63, 3.8) is 0 Å². The number of fused-ring (bicyclic) bond motifs is 1. The predicted octanol–water partition coefficient (Wildman–Crippen LogP) is 3.10. The Morgan fingerprint density at radius 1 is 0.905 bits per heavy atom. The molecule has 2 fully saturated rings. The second kappa shape index (κ2) is 5.01. The van der Waals surface area contributed by atoms with E-state index in [0.29, 0.717) is 13.0 Å². The average molecular weight is 279 g/mol. The number of amides is 1. The standard InChI is InChI=1S/C18H17NO2/c20-17-11-15(13-7-3-1-4-8-13)18-19(17)16(12-21-18)14-9-5-2-6-10-14/h1-10,15-16,18H,11-12H2/t15-,16-,18-/m1/s1. The van der Waals surface area contributed by atoms with E-state index >= 15 is 0 Å². The third-order valence-corrected chi connectivity index (χ3v) is 4.47. The van der Waals surface area contributed by atoms with E-state index in [1.807, 2.05) is 41.3 Å². The Balaban J connectivity index is 1.65. The van der Waals surface area contributed by atoms with E-state index in [9.17, 15) is 4.79 Å². The summed E-state index contributed by atoms with van der Waals surface area (Å²) in [7, 11) is 0. The SMILES string of the molecule is O=C1C[C@H](c2ccccc2)[C@H]2OC[C@H](c3ccccc3)N12. The van der Waals surface area contributed by atoms with Gasteiger partial charge >= 0.3 is 0 Å². The summed E-state index contributed by atoms with van der Waals surface area (Å²) >= 11 is 0. The molecule has 2 aromatic carbocycles. The molecular weight excluding hydrogens is 262 g/mol. The van der Waals surface area contributed by atoms with Crippen molar-refractivity contribution in [3.8, 4) is 0 Å². The molecule has 2 aliphatic heterocycles. The molecule has 2 heterocycles. The van der Waals surface area contributed by atoms with E-state index in [1.54, 1.807) is 0 Å². The highest BCUT2D eigenvalue weighted by atomic mass is 16.5. The molecule has 0 radical (unpaired) electrons. The lowest BCUT2D eigenvalue weighted by Crippen LogP contribution is -2.31. The van der Waals surface area contributed by atoms with Gasteiger partial charge in [-0.1, -0.05) is 60.7 Å². The molecule has 2 aromatic rings. The maximum absolute atomic E-state index is 12.5. The normalized spacial score (nSPS) is 27.9. The van der Waals surface area contributed by atoms with Gasteiger partial charge in [0.05, 0.1) is 12.6 Å². The number of carbonyl (C=O) groups is 1. The zero-order valence-electron chi connectivity index (χ0n) is 11.7. The molecule has 21 heavy (non-hydrogen) atoms. The summed E-state index contributed by atoms with van der Waals surface area (Å²) in [6.07, 6.45) is 0.419. The number of benzene rings is 2. The molecule has 0 unspecified atom stereocenters. The third kappa shape index (κ3) is 2.05. The van der Waals surface area contributed by atoms with Crippen LogP contribution in [-0.2, 0) is 9.53 Å². The van der Waals surface area contributed by atoms with Crippen molar-refractivity contribution in [1.82, 2.24) is 4.90 Å². The molecule has 0 N–H and O–H groups in total. The van der Waals surface area contributed by atoms with E-state index < -0.39 is 0 Å². The minimum Gasteiger partial charge on any atom is -0.355 e. The van der Waals surface area contributed by atoms with E-state index in [0.717, 1.165) is 5.56 Å². The van der Waals surface area contributed by atoms with Crippen molar-refractivity contribution in [2.45, 2.75) is 24.6 Å². The molecule has 0 saturated carbocycles. The average Bonchev–Trinajstić information content (AvgIpc) is 3.11. The first-order valence-electron chi connectivity index (χ1n) is 7.37. The van der Waals surface area contributed by atoms with Gasteiger partial charge in [-0.05, 0) is 11.1 Å². The zero-order chi connectivity index (χ0) is 14.2. The molecule has 1 amide bonds. The summed E-state index contributed by atoms with van der Waals surface area (Å²) < 4.78 is 5.99. The number of carbonyl (C=O) groups excluding carboxylic acids is 1. The highest BCUT2D eigenvalue weighted by Gasteiger charge is 2.49. The number of ether oxygens (including phenoxy) is 1. The van der Waals surface area contributed by atoms with E-state index in [-0.39, 0.29) is 24.1 Å². The van der Waals surface area contributed by atoms with Gasteiger partial charge in [0, 0.05) is 12.3 Å². The van der Waals surface area contributed by atoms with Crippen molar-refractivity contribution >= 4 is 5.91 Å².